The molecule has 0 spiro atoms. The van der Waals surface area contributed by atoms with E-state index < -0.39 is 6.09 Å². The smallest absolute Gasteiger partial charge is 0.378 e. The molecule has 0 bridgehead atoms. The Labute approximate surface area is 140 Å². The maximum Gasteiger partial charge on any atom is 0.437 e. The first-order valence-electron chi connectivity index (χ1n) is 7.00. The van der Waals surface area contributed by atoms with Crippen LogP contribution in [0.4, 0.5) is 16.2 Å². The number of amides is 1. The second-order valence-electron chi connectivity index (χ2n) is 5.19. The highest BCUT2D eigenvalue weighted by Crippen LogP contribution is 2.20. The number of nitrogens with zero attached hydrogens (tertiary/aromatic N) is 2. The maximum absolute atomic E-state index is 11.6. The number of halogens is 1. The molecule has 0 saturated heterocycles. The Bertz CT molecular complexity index is 712. The zero-order valence-electron chi connectivity index (χ0n) is 13.2. The quantitative estimate of drug-likeness (QED) is 0.516. The van der Waals surface area contributed by atoms with Crippen molar-refractivity contribution in [2.24, 2.45) is 5.16 Å². The van der Waals surface area contributed by atoms with Crippen molar-refractivity contribution in [3.63, 3.8) is 0 Å². The number of nitrogens with one attached hydrogen (secondary N) is 1. The van der Waals surface area contributed by atoms with Crippen molar-refractivity contribution in [2.45, 2.75) is 6.92 Å². The van der Waals surface area contributed by atoms with Crippen LogP contribution in [0, 0.1) is 6.92 Å². The van der Waals surface area contributed by atoms with E-state index in [1.807, 2.05) is 56.3 Å². The van der Waals surface area contributed by atoms with Gasteiger partial charge in [0.25, 0.3) is 0 Å². The molecule has 1 amide bonds. The normalized spacial score (nSPS) is 10.6. The van der Waals surface area contributed by atoms with E-state index in [4.69, 9.17) is 16.4 Å². The summed E-state index contributed by atoms with van der Waals surface area (Å²) in [6.45, 7) is 1.89. The number of oxime groups is 1. The van der Waals surface area contributed by atoms with Crippen LogP contribution < -0.4 is 10.2 Å². The lowest BCUT2D eigenvalue weighted by molar-refractivity contribution is 0.167. The summed E-state index contributed by atoms with van der Waals surface area (Å²) in [5.41, 5.74) is 3.40. The van der Waals surface area contributed by atoms with Gasteiger partial charge in [0.15, 0.2) is 0 Å². The third-order valence-electron chi connectivity index (χ3n) is 3.17. The molecular weight excluding hydrogens is 314 g/mol. The summed E-state index contributed by atoms with van der Waals surface area (Å²) in [6.07, 6.45) is 0.798. The number of hydrogen-bond acceptors (Lipinski definition) is 4. The first-order chi connectivity index (χ1) is 11.0. The monoisotopic (exact) mass is 331 g/mol. The fraction of sp³-hybridized carbons (Fsp3) is 0.176. The van der Waals surface area contributed by atoms with Gasteiger partial charge in [-0.3, -0.25) is 10.2 Å². The van der Waals surface area contributed by atoms with E-state index in [1.165, 1.54) is 6.21 Å². The summed E-state index contributed by atoms with van der Waals surface area (Å²) in [7, 11) is 3.93. The minimum Gasteiger partial charge on any atom is -0.378 e. The molecule has 0 aliphatic heterocycles. The maximum atomic E-state index is 11.6. The molecule has 6 heteroatoms. The lowest BCUT2D eigenvalue weighted by Crippen LogP contribution is -2.11. The average Bonchev–Trinajstić information content (AvgIpc) is 2.51. The zero-order chi connectivity index (χ0) is 16.8. The number of benzene rings is 2. The van der Waals surface area contributed by atoms with E-state index in [0.29, 0.717) is 10.7 Å². The van der Waals surface area contributed by atoms with Crippen LogP contribution in [0.3, 0.4) is 0 Å². The highest BCUT2D eigenvalue weighted by Gasteiger charge is 2.04. The number of rotatable bonds is 4. The number of aryl methyl sites for hydroxylation is 1. The van der Waals surface area contributed by atoms with Crippen LogP contribution in [0.15, 0.2) is 47.6 Å². The van der Waals surface area contributed by atoms with Gasteiger partial charge in [0.05, 0.1) is 6.21 Å². The van der Waals surface area contributed by atoms with Crippen LogP contribution in [-0.4, -0.2) is 26.4 Å². The molecule has 0 radical (unpaired) electrons. The van der Waals surface area contributed by atoms with Gasteiger partial charge >= 0.3 is 6.09 Å². The van der Waals surface area contributed by atoms with Crippen LogP contribution in [0.1, 0.15) is 11.1 Å². The second kappa shape index (κ2) is 7.65. The molecule has 2 aromatic carbocycles. The Morgan fingerprint density at radius 3 is 2.52 bits per heavy atom. The molecule has 2 aromatic rings. The van der Waals surface area contributed by atoms with Gasteiger partial charge < -0.3 is 4.90 Å². The fourth-order valence-electron chi connectivity index (χ4n) is 1.80. The standard InChI is InChI=1S/C17H18ClN3O2/c1-12-4-7-14(10-16(12)18)20-17(22)23-19-11-13-5-8-15(9-6-13)21(2)3/h4-11H,1-3H3,(H,20,22)/b19-11+. The van der Waals surface area contributed by atoms with Gasteiger partial charge in [-0.1, -0.05) is 35.0 Å². The number of hydrogen-bond donors (Lipinski definition) is 1. The van der Waals surface area contributed by atoms with E-state index in [0.717, 1.165) is 16.8 Å². The summed E-state index contributed by atoms with van der Waals surface area (Å²) in [5, 5.41) is 6.80. The topological polar surface area (TPSA) is 53.9 Å². The third-order valence-corrected chi connectivity index (χ3v) is 3.57. The Morgan fingerprint density at radius 1 is 1.22 bits per heavy atom. The first kappa shape index (κ1) is 16.8. The largest absolute Gasteiger partial charge is 0.437 e. The predicted molar refractivity (Wildman–Crippen MR) is 94.7 cm³/mol. The Morgan fingerprint density at radius 2 is 1.91 bits per heavy atom. The molecule has 5 nitrogen and oxygen atoms in total. The summed E-state index contributed by atoms with van der Waals surface area (Å²) >= 11 is 5.99. The summed E-state index contributed by atoms with van der Waals surface area (Å²) in [6, 6.07) is 12.9. The van der Waals surface area contributed by atoms with Crippen molar-refractivity contribution in [3.05, 3.63) is 58.6 Å². The van der Waals surface area contributed by atoms with E-state index in [9.17, 15) is 4.79 Å². The molecule has 0 aromatic heterocycles. The fourth-order valence-corrected chi connectivity index (χ4v) is 1.99. The lowest BCUT2D eigenvalue weighted by atomic mass is 10.2. The summed E-state index contributed by atoms with van der Waals surface area (Å²) in [5.74, 6) is 0. The van der Waals surface area contributed by atoms with Crippen molar-refractivity contribution in [1.29, 1.82) is 0 Å². The lowest BCUT2D eigenvalue weighted by Gasteiger charge is -2.11. The molecular formula is C17H18ClN3O2. The third kappa shape index (κ3) is 5.00. The van der Waals surface area contributed by atoms with Gasteiger partial charge in [-0.2, -0.15) is 0 Å². The zero-order valence-corrected chi connectivity index (χ0v) is 14.0. The Balaban J connectivity index is 1.89. The molecule has 0 saturated carbocycles. The Kier molecular flexibility index (Phi) is 5.60. The molecule has 2 rings (SSSR count). The molecule has 0 unspecified atom stereocenters. The molecule has 1 N–H and O–H groups in total. The van der Waals surface area contributed by atoms with Crippen molar-refractivity contribution in [3.8, 4) is 0 Å². The van der Waals surface area contributed by atoms with Gasteiger partial charge in [0.1, 0.15) is 0 Å². The Hall–Kier alpha value is -2.53. The van der Waals surface area contributed by atoms with E-state index in [-0.39, 0.29) is 0 Å². The molecule has 0 fully saturated rings. The van der Waals surface area contributed by atoms with Crippen LogP contribution in [0.25, 0.3) is 0 Å². The van der Waals surface area contributed by atoms with Crippen molar-refractivity contribution < 1.29 is 9.63 Å². The minimum atomic E-state index is -0.675. The number of anilines is 2. The van der Waals surface area contributed by atoms with E-state index in [1.54, 1.807) is 12.1 Å². The molecule has 120 valence electrons. The highest BCUT2D eigenvalue weighted by molar-refractivity contribution is 6.31. The van der Waals surface area contributed by atoms with Gasteiger partial charge in [-0.25, -0.2) is 4.79 Å². The van der Waals surface area contributed by atoms with Gasteiger partial charge in [0.2, 0.25) is 0 Å². The number of carbonyl (C=O) groups is 1. The SMILES string of the molecule is Cc1ccc(NC(=O)O/N=C/c2ccc(N(C)C)cc2)cc1Cl. The first-order valence-corrected chi connectivity index (χ1v) is 7.38. The second-order valence-corrected chi connectivity index (χ2v) is 5.60. The van der Waals surface area contributed by atoms with Gasteiger partial charge in [-0.15, -0.1) is 0 Å². The van der Waals surface area contributed by atoms with Crippen molar-refractivity contribution in [1.82, 2.24) is 0 Å². The van der Waals surface area contributed by atoms with Crippen LogP contribution in [0.5, 0.6) is 0 Å². The van der Waals surface area contributed by atoms with Gasteiger partial charge in [-0.05, 0) is 42.3 Å². The van der Waals surface area contributed by atoms with Crippen LogP contribution >= 0.6 is 11.6 Å². The molecule has 0 aliphatic carbocycles. The highest BCUT2D eigenvalue weighted by atomic mass is 35.5. The van der Waals surface area contributed by atoms with Crippen LogP contribution in [0.2, 0.25) is 5.02 Å². The molecule has 0 atom stereocenters. The minimum absolute atomic E-state index is 0.552. The van der Waals surface area contributed by atoms with Crippen molar-refractivity contribution >= 4 is 35.3 Å². The van der Waals surface area contributed by atoms with E-state index in [2.05, 4.69) is 10.5 Å². The molecule has 0 heterocycles. The average molecular weight is 332 g/mol. The predicted octanol–water partition coefficient (Wildman–Crippen LogP) is 4.30. The number of carbonyl (C=O) groups excluding carboxylic acids is 1. The van der Waals surface area contributed by atoms with Crippen molar-refractivity contribution in [2.75, 3.05) is 24.3 Å². The molecule has 23 heavy (non-hydrogen) atoms. The van der Waals surface area contributed by atoms with E-state index >= 15 is 0 Å². The summed E-state index contributed by atoms with van der Waals surface area (Å²) < 4.78 is 0. The van der Waals surface area contributed by atoms with Crippen LogP contribution in [-0.2, 0) is 4.84 Å². The molecule has 0 aliphatic rings. The van der Waals surface area contributed by atoms with Gasteiger partial charge in [0, 0.05) is 30.5 Å². The summed E-state index contributed by atoms with van der Waals surface area (Å²) in [4.78, 5) is 18.4.